The molecule has 0 aliphatic rings. The van der Waals surface area contributed by atoms with Crippen molar-refractivity contribution in [3.63, 3.8) is 0 Å². The molecule has 0 radical (unpaired) electrons. The molecule has 0 aliphatic carbocycles. The molecule has 0 saturated carbocycles. The number of nitrogens with two attached hydrogens (primary N) is 1. The summed E-state index contributed by atoms with van der Waals surface area (Å²) in [6.45, 7) is 8.59. The van der Waals surface area contributed by atoms with Crippen LogP contribution in [0.3, 0.4) is 0 Å². The molecule has 1 heterocycles. The number of aromatic nitrogens is 1. The first-order chi connectivity index (χ1) is 11.8. The minimum atomic E-state index is 0.00846. The third kappa shape index (κ3) is 4.18. The average Bonchev–Trinajstić information content (AvgIpc) is 2.53. The van der Waals surface area contributed by atoms with Crippen molar-refractivity contribution in [3.05, 3.63) is 71.9 Å². The Morgan fingerprint density at radius 1 is 0.920 bits per heavy atom. The lowest BCUT2D eigenvalue weighted by Crippen LogP contribution is -2.11. The van der Waals surface area contributed by atoms with E-state index in [2.05, 4.69) is 37.9 Å². The van der Waals surface area contributed by atoms with Gasteiger partial charge in [-0.15, -0.1) is 0 Å². The number of hydrogen-bond acceptors (Lipinski definition) is 3. The van der Waals surface area contributed by atoms with E-state index in [4.69, 9.17) is 10.5 Å². The molecule has 3 nitrogen and oxygen atoms in total. The fourth-order valence-electron chi connectivity index (χ4n) is 2.74. The Kier molecular flexibility index (Phi) is 4.49. The highest BCUT2D eigenvalue weighted by molar-refractivity contribution is 5.63. The number of benzene rings is 2. The smallest absolute Gasteiger partial charge is 0.129 e. The summed E-state index contributed by atoms with van der Waals surface area (Å²) in [5.41, 5.74) is 10.9. The predicted octanol–water partition coefficient (Wildman–Crippen LogP) is 5.73. The number of pyridine rings is 1. The topological polar surface area (TPSA) is 48.1 Å². The van der Waals surface area contributed by atoms with Gasteiger partial charge >= 0.3 is 0 Å². The van der Waals surface area contributed by atoms with Crippen LogP contribution >= 0.6 is 0 Å². The molecule has 128 valence electrons. The monoisotopic (exact) mass is 332 g/mol. The normalized spacial score (nSPS) is 11.4. The number of ether oxygens (including phenoxy) is 1. The lowest BCUT2D eigenvalue weighted by Gasteiger charge is -2.21. The molecule has 3 heteroatoms. The fraction of sp³-hybridized carbons (Fsp3) is 0.227. The Balaban J connectivity index is 2.06. The molecular formula is C22H24N2O. The van der Waals surface area contributed by atoms with E-state index in [1.807, 2.05) is 49.4 Å². The van der Waals surface area contributed by atoms with Crippen LogP contribution in [0.25, 0.3) is 11.3 Å². The second kappa shape index (κ2) is 6.60. The van der Waals surface area contributed by atoms with Gasteiger partial charge in [0.15, 0.2) is 0 Å². The quantitative estimate of drug-likeness (QED) is 0.623. The van der Waals surface area contributed by atoms with Gasteiger partial charge in [0.25, 0.3) is 0 Å². The Morgan fingerprint density at radius 2 is 1.68 bits per heavy atom. The van der Waals surface area contributed by atoms with Crippen molar-refractivity contribution < 1.29 is 4.74 Å². The molecule has 0 atom stereocenters. The highest BCUT2D eigenvalue weighted by Crippen LogP contribution is 2.34. The maximum absolute atomic E-state index is 6.13. The van der Waals surface area contributed by atoms with Gasteiger partial charge in [-0.2, -0.15) is 0 Å². The van der Waals surface area contributed by atoms with E-state index in [0.29, 0.717) is 5.69 Å². The van der Waals surface area contributed by atoms with E-state index in [1.54, 1.807) is 6.20 Å². The molecule has 0 aliphatic heterocycles. The Bertz CT molecular complexity index is 860. The minimum absolute atomic E-state index is 0.00846. The first-order valence-corrected chi connectivity index (χ1v) is 8.43. The Morgan fingerprint density at radius 3 is 2.32 bits per heavy atom. The minimum Gasteiger partial charge on any atom is -0.457 e. The van der Waals surface area contributed by atoms with Crippen LogP contribution in [0.2, 0.25) is 0 Å². The van der Waals surface area contributed by atoms with Crippen LogP contribution in [0.5, 0.6) is 11.5 Å². The molecule has 3 aromatic rings. The van der Waals surface area contributed by atoms with E-state index < -0.39 is 0 Å². The van der Waals surface area contributed by atoms with Crippen molar-refractivity contribution in [1.82, 2.24) is 4.98 Å². The lowest BCUT2D eigenvalue weighted by molar-refractivity contribution is 0.478. The molecule has 0 spiro atoms. The third-order valence-corrected chi connectivity index (χ3v) is 4.04. The summed E-state index contributed by atoms with van der Waals surface area (Å²) >= 11 is 0. The van der Waals surface area contributed by atoms with Crippen LogP contribution in [-0.4, -0.2) is 4.98 Å². The number of aryl methyl sites for hydroxylation is 1. The molecule has 0 unspecified atom stereocenters. The van der Waals surface area contributed by atoms with E-state index in [-0.39, 0.29) is 5.41 Å². The highest BCUT2D eigenvalue weighted by atomic mass is 16.5. The number of nitrogens with zero attached hydrogens (tertiary/aromatic N) is 1. The lowest BCUT2D eigenvalue weighted by atomic mass is 9.85. The summed E-state index contributed by atoms with van der Waals surface area (Å²) in [7, 11) is 0. The van der Waals surface area contributed by atoms with Crippen LogP contribution in [0, 0.1) is 6.92 Å². The van der Waals surface area contributed by atoms with Crippen LogP contribution in [0.4, 0.5) is 5.69 Å². The number of hydrogen-bond donors (Lipinski definition) is 1. The van der Waals surface area contributed by atoms with Crippen LogP contribution < -0.4 is 10.5 Å². The highest BCUT2D eigenvalue weighted by Gasteiger charge is 2.17. The van der Waals surface area contributed by atoms with Gasteiger partial charge < -0.3 is 10.5 Å². The van der Waals surface area contributed by atoms with E-state index >= 15 is 0 Å². The maximum Gasteiger partial charge on any atom is 0.129 e. The van der Waals surface area contributed by atoms with Crippen LogP contribution in [-0.2, 0) is 5.41 Å². The van der Waals surface area contributed by atoms with Gasteiger partial charge in [0, 0.05) is 23.5 Å². The van der Waals surface area contributed by atoms with Crippen molar-refractivity contribution in [1.29, 1.82) is 0 Å². The van der Waals surface area contributed by atoms with Crippen LogP contribution in [0.1, 0.15) is 31.9 Å². The second-order valence-electron chi connectivity index (χ2n) is 7.39. The zero-order chi connectivity index (χ0) is 18.0. The molecule has 2 aromatic carbocycles. The van der Waals surface area contributed by atoms with Gasteiger partial charge in [-0.3, -0.25) is 4.98 Å². The average molecular weight is 332 g/mol. The van der Waals surface area contributed by atoms with Gasteiger partial charge in [0.1, 0.15) is 11.5 Å². The van der Waals surface area contributed by atoms with Crippen molar-refractivity contribution in [2.75, 3.05) is 5.73 Å². The zero-order valence-corrected chi connectivity index (χ0v) is 15.2. The van der Waals surface area contributed by atoms with E-state index in [1.165, 1.54) is 5.56 Å². The van der Waals surface area contributed by atoms with Crippen molar-refractivity contribution in [2.45, 2.75) is 33.1 Å². The summed E-state index contributed by atoms with van der Waals surface area (Å²) < 4.78 is 6.13. The molecule has 2 N–H and O–H groups in total. The van der Waals surface area contributed by atoms with Crippen LogP contribution in [0.15, 0.2) is 60.8 Å². The van der Waals surface area contributed by atoms with Gasteiger partial charge in [0.05, 0.1) is 5.69 Å². The van der Waals surface area contributed by atoms with E-state index in [0.717, 1.165) is 28.3 Å². The second-order valence-corrected chi connectivity index (χ2v) is 7.39. The fourth-order valence-corrected chi connectivity index (χ4v) is 2.74. The Hall–Kier alpha value is -2.81. The van der Waals surface area contributed by atoms with Crippen molar-refractivity contribution in [3.8, 4) is 22.8 Å². The van der Waals surface area contributed by atoms with E-state index in [9.17, 15) is 0 Å². The summed E-state index contributed by atoms with van der Waals surface area (Å²) in [5.74, 6) is 1.54. The molecule has 0 fully saturated rings. The SMILES string of the molecule is Cc1cc(N)cc(Oc2cc(-c3ccccn3)cc(C(C)(C)C)c2)c1. The first-order valence-electron chi connectivity index (χ1n) is 8.43. The number of rotatable bonds is 3. The van der Waals surface area contributed by atoms with Gasteiger partial charge in [-0.1, -0.05) is 26.8 Å². The van der Waals surface area contributed by atoms with Gasteiger partial charge in [0.2, 0.25) is 0 Å². The summed E-state index contributed by atoms with van der Waals surface area (Å²) in [6.07, 6.45) is 1.81. The molecule has 0 saturated heterocycles. The summed E-state index contributed by atoms with van der Waals surface area (Å²) in [5, 5.41) is 0. The molecule has 0 bridgehead atoms. The molecule has 1 aromatic heterocycles. The molecular weight excluding hydrogens is 308 g/mol. The van der Waals surface area contributed by atoms with Gasteiger partial charge in [-0.25, -0.2) is 0 Å². The maximum atomic E-state index is 6.13. The zero-order valence-electron chi connectivity index (χ0n) is 15.2. The molecule has 25 heavy (non-hydrogen) atoms. The predicted molar refractivity (Wildman–Crippen MR) is 104 cm³/mol. The largest absolute Gasteiger partial charge is 0.457 e. The number of nitrogen functional groups attached to an aromatic ring is 1. The van der Waals surface area contributed by atoms with Crippen molar-refractivity contribution >= 4 is 5.69 Å². The summed E-state index contributed by atoms with van der Waals surface area (Å²) in [6, 6.07) is 18.0. The summed E-state index contributed by atoms with van der Waals surface area (Å²) in [4.78, 5) is 4.47. The molecule has 3 rings (SSSR count). The van der Waals surface area contributed by atoms with Crippen molar-refractivity contribution in [2.24, 2.45) is 0 Å². The Labute approximate surface area is 149 Å². The first kappa shape index (κ1) is 17.0. The third-order valence-electron chi connectivity index (χ3n) is 4.04. The standard InChI is InChI=1S/C22H24N2O/c1-15-9-18(23)14-19(10-15)25-20-12-16(21-7-5-6-8-24-21)11-17(13-20)22(2,3)4/h5-14H,23H2,1-4H3. The number of anilines is 1. The molecule has 0 amide bonds. The van der Waals surface area contributed by atoms with Gasteiger partial charge in [-0.05, 0) is 65.9 Å².